The van der Waals surface area contributed by atoms with Crippen molar-refractivity contribution in [3.8, 4) is 0 Å². The molecule has 0 fully saturated rings. The van der Waals surface area contributed by atoms with E-state index in [9.17, 15) is 18.0 Å². The monoisotopic (exact) mass is 377 g/mol. The van der Waals surface area contributed by atoms with E-state index in [1.165, 1.54) is 17.1 Å². The zero-order chi connectivity index (χ0) is 19.7. The molecule has 0 aliphatic carbocycles. The molecule has 1 amide bonds. The molecule has 5 nitrogen and oxygen atoms in total. The molecule has 2 aromatic rings. The lowest BCUT2D eigenvalue weighted by Crippen LogP contribution is -2.55. The predicted molar refractivity (Wildman–Crippen MR) is 93.3 cm³/mol. The Balaban J connectivity index is 1.82. The molecule has 0 aromatic heterocycles. The maximum atomic E-state index is 13.0. The Bertz CT molecular complexity index is 864. The summed E-state index contributed by atoms with van der Waals surface area (Å²) >= 11 is 0. The van der Waals surface area contributed by atoms with Gasteiger partial charge in [0.1, 0.15) is 0 Å². The van der Waals surface area contributed by atoms with E-state index in [1.54, 1.807) is 13.8 Å². The van der Waals surface area contributed by atoms with Crippen LogP contribution in [0.25, 0.3) is 0 Å². The summed E-state index contributed by atoms with van der Waals surface area (Å²) in [5.74, 6) is -0.230. The first-order valence-electron chi connectivity index (χ1n) is 8.24. The largest absolute Gasteiger partial charge is 0.416 e. The predicted octanol–water partition coefficient (Wildman–Crippen LogP) is 3.71. The Morgan fingerprint density at radius 3 is 2.52 bits per heavy atom. The number of benzene rings is 2. The fourth-order valence-corrected chi connectivity index (χ4v) is 2.64. The Morgan fingerprint density at radius 2 is 1.85 bits per heavy atom. The van der Waals surface area contributed by atoms with Crippen LogP contribution < -0.4 is 5.43 Å². The molecule has 1 aliphatic rings. The van der Waals surface area contributed by atoms with Crippen molar-refractivity contribution in [1.29, 1.82) is 0 Å². The highest BCUT2D eigenvalue weighted by atomic mass is 19.4. The third-order valence-corrected chi connectivity index (χ3v) is 4.00. The van der Waals surface area contributed by atoms with Crippen LogP contribution in [0.2, 0.25) is 0 Å². The standard InChI is InChI=1S/C19H18F3N3O2/c1-18(2)25(23-16(26)11-13-7-4-3-5-8-13)17(24-27-18)14-9-6-10-15(12-14)19(20,21)22/h3-10,12H,11H2,1-2H3,(H,23,26). The van der Waals surface area contributed by atoms with Gasteiger partial charge in [-0.05, 0) is 31.5 Å². The summed E-state index contributed by atoms with van der Waals surface area (Å²) in [5, 5.41) is 5.22. The molecule has 1 heterocycles. The number of alkyl halides is 3. The van der Waals surface area contributed by atoms with Crippen LogP contribution in [0.3, 0.4) is 0 Å². The second-order valence-electron chi connectivity index (χ2n) is 6.56. The fourth-order valence-electron chi connectivity index (χ4n) is 2.64. The van der Waals surface area contributed by atoms with Gasteiger partial charge in [-0.2, -0.15) is 13.2 Å². The molecule has 0 radical (unpaired) electrons. The number of rotatable bonds is 4. The summed E-state index contributed by atoms with van der Waals surface area (Å²) in [6.07, 6.45) is -4.36. The summed E-state index contributed by atoms with van der Waals surface area (Å²) in [6.45, 7) is 3.31. The van der Waals surface area contributed by atoms with Gasteiger partial charge >= 0.3 is 6.18 Å². The molecule has 8 heteroatoms. The van der Waals surface area contributed by atoms with E-state index >= 15 is 0 Å². The number of carbonyl (C=O) groups excluding carboxylic acids is 1. The fraction of sp³-hybridized carbons (Fsp3) is 0.263. The van der Waals surface area contributed by atoms with Crippen LogP contribution in [0, 0.1) is 0 Å². The van der Waals surface area contributed by atoms with Crippen molar-refractivity contribution >= 4 is 11.7 Å². The molecule has 142 valence electrons. The molecule has 0 atom stereocenters. The average molecular weight is 377 g/mol. The molecule has 0 bridgehead atoms. The lowest BCUT2D eigenvalue weighted by molar-refractivity contribution is -0.137. The summed E-state index contributed by atoms with van der Waals surface area (Å²) in [4.78, 5) is 17.7. The highest BCUT2D eigenvalue weighted by Gasteiger charge is 2.40. The SMILES string of the molecule is CC1(C)ON=C(c2cccc(C(F)(F)F)c2)N1NC(=O)Cc1ccccc1. The van der Waals surface area contributed by atoms with Crippen molar-refractivity contribution < 1.29 is 22.8 Å². The number of amides is 1. The smallest absolute Gasteiger partial charge is 0.364 e. The van der Waals surface area contributed by atoms with Crippen LogP contribution in [0.15, 0.2) is 59.8 Å². The van der Waals surface area contributed by atoms with E-state index in [2.05, 4.69) is 10.6 Å². The lowest BCUT2D eigenvalue weighted by atomic mass is 10.1. The number of hydrogen-bond acceptors (Lipinski definition) is 4. The minimum absolute atomic E-state index is 0.104. The first-order chi connectivity index (χ1) is 12.7. The average Bonchev–Trinajstić information content (AvgIpc) is 2.90. The Labute approximate surface area is 154 Å². The van der Waals surface area contributed by atoms with Gasteiger partial charge in [0.05, 0.1) is 12.0 Å². The maximum Gasteiger partial charge on any atom is 0.416 e. The van der Waals surface area contributed by atoms with E-state index < -0.39 is 17.5 Å². The number of hydrogen-bond donors (Lipinski definition) is 1. The molecular weight excluding hydrogens is 359 g/mol. The van der Waals surface area contributed by atoms with Gasteiger partial charge in [0.15, 0.2) is 5.84 Å². The number of oxime groups is 1. The van der Waals surface area contributed by atoms with Crippen LogP contribution >= 0.6 is 0 Å². The molecule has 0 unspecified atom stereocenters. The van der Waals surface area contributed by atoms with Crippen molar-refractivity contribution in [3.05, 3.63) is 71.3 Å². The van der Waals surface area contributed by atoms with Gasteiger partial charge < -0.3 is 4.84 Å². The molecule has 1 aliphatic heterocycles. The van der Waals surface area contributed by atoms with E-state index in [0.717, 1.165) is 17.7 Å². The summed E-state index contributed by atoms with van der Waals surface area (Å²) < 4.78 is 39.0. The number of nitrogens with one attached hydrogen (secondary N) is 1. The number of nitrogens with zero attached hydrogens (tertiary/aromatic N) is 2. The minimum Gasteiger partial charge on any atom is -0.364 e. The maximum absolute atomic E-state index is 13.0. The van der Waals surface area contributed by atoms with Crippen molar-refractivity contribution in [2.45, 2.75) is 32.2 Å². The Morgan fingerprint density at radius 1 is 1.15 bits per heavy atom. The summed E-state index contributed by atoms with van der Waals surface area (Å²) in [6, 6.07) is 13.8. The Kier molecular flexibility index (Phi) is 4.82. The van der Waals surface area contributed by atoms with Crippen LogP contribution in [0.4, 0.5) is 13.2 Å². The van der Waals surface area contributed by atoms with Gasteiger partial charge in [-0.25, -0.2) is 5.01 Å². The van der Waals surface area contributed by atoms with Gasteiger partial charge in [0, 0.05) is 5.56 Å². The van der Waals surface area contributed by atoms with Crippen molar-refractivity contribution in [2.24, 2.45) is 5.16 Å². The van der Waals surface area contributed by atoms with E-state index in [0.29, 0.717) is 0 Å². The molecule has 3 rings (SSSR count). The van der Waals surface area contributed by atoms with Gasteiger partial charge in [-0.15, -0.1) is 0 Å². The second-order valence-corrected chi connectivity index (χ2v) is 6.56. The summed E-state index contributed by atoms with van der Waals surface area (Å²) in [7, 11) is 0. The number of hydrazine groups is 1. The third kappa shape index (κ3) is 4.21. The quantitative estimate of drug-likeness (QED) is 0.884. The Hall–Kier alpha value is -3.03. The summed E-state index contributed by atoms with van der Waals surface area (Å²) in [5.41, 5.74) is 1.83. The van der Waals surface area contributed by atoms with Gasteiger partial charge in [0.2, 0.25) is 11.6 Å². The lowest BCUT2D eigenvalue weighted by Gasteiger charge is -2.31. The molecule has 0 spiro atoms. The van der Waals surface area contributed by atoms with Gasteiger partial charge in [-0.1, -0.05) is 47.6 Å². The van der Waals surface area contributed by atoms with Crippen molar-refractivity contribution in [1.82, 2.24) is 10.4 Å². The highest BCUT2D eigenvalue weighted by molar-refractivity contribution is 6.00. The molecule has 0 saturated carbocycles. The molecule has 2 aromatic carbocycles. The van der Waals surface area contributed by atoms with Crippen LogP contribution in [-0.2, 0) is 22.2 Å². The van der Waals surface area contributed by atoms with Gasteiger partial charge in [0.25, 0.3) is 0 Å². The third-order valence-electron chi connectivity index (χ3n) is 4.00. The molecule has 1 N–H and O–H groups in total. The highest BCUT2D eigenvalue weighted by Crippen LogP contribution is 2.31. The van der Waals surface area contributed by atoms with Crippen molar-refractivity contribution in [2.75, 3.05) is 0 Å². The first-order valence-corrected chi connectivity index (χ1v) is 8.24. The van der Waals surface area contributed by atoms with E-state index in [4.69, 9.17) is 4.84 Å². The minimum atomic E-state index is -4.48. The topological polar surface area (TPSA) is 53.9 Å². The van der Waals surface area contributed by atoms with Crippen molar-refractivity contribution in [3.63, 3.8) is 0 Å². The number of amidine groups is 1. The molecule has 27 heavy (non-hydrogen) atoms. The van der Waals surface area contributed by atoms with Crippen LogP contribution in [-0.4, -0.2) is 22.5 Å². The second kappa shape index (κ2) is 6.94. The first kappa shape index (κ1) is 18.8. The normalized spacial score (nSPS) is 15.9. The zero-order valence-corrected chi connectivity index (χ0v) is 14.7. The van der Waals surface area contributed by atoms with E-state index in [-0.39, 0.29) is 23.7 Å². The van der Waals surface area contributed by atoms with Gasteiger partial charge in [-0.3, -0.25) is 10.2 Å². The molecular formula is C19H18F3N3O2. The zero-order valence-electron chi connectivity index (χ0n) is 14.7. The number of halogens is 3. The van der Waals surface area contributed by atoms with Crippen LogP contribution in [0.1, 0.15) is 30.5 Å². The molecule has 0 saturated heterocycles. The van der Waals surface area contributed by atoms with E-state index in [1.807, 2.05) is 30.3 Å². The number of carbonyl (C=O) groups is 1. The van der Waals surface area contributed by atoms with Crippen LogP contribution in [0.5, 0.6) is 0 Å².